The first-order valence-electron chi connectivity index (χ1n) is 11.0. The topological polar surface area (TPSA) is 111 Å². The summed E-state index contributed by atoms with van der Waals surface area (Å²) < 4.78 is 26.5. The van der Waals surface area contributed by atoms with E-state index < -0.39 is 10.0 Å². The Morgan fingerprint density at radius 2 is 2.00 bits per heavy atom. The molecule has 1 saturated heterocycles. The number of para-hydroxylation sites is 1. The molecule has 0 unspecified atom stereocenters. The molecule has 0 aliphatic carbocycles. The SMILES string of the molecule is CCn1c(CCC(=O)N2CCC[C@H]2c2nc3ccccc3s2)nc2cc(S(N)(=O)=O)ccc21. The summed E-state index contributed by atoms with van der Waals surface area (Å²) in [5, 5.41) is 6.26. The van der Waals surface area contributed by atoms with E-state index in [1.165, 1.54) is 12.1 Å². The van der Waals surface area contributed by atoms with Gasteiger partial charge in [-0.05, 0) is 50.1 Å². The molecular weight excluding hydrogens is 458 g/mol. The van der Waals surface area contributed by atoms with Crippen LogP contribution in [0.25, 0.3) is 21.3 Å². The number of aromatic nitrogens is 3. The van der Waals surface area contributed by atoms with Crippen LogP contribution < -0.4 is 5.14 Å². The first-order valence-corrected chi connectivity index (χ1v) is 13.4. The third-order valence-corrected chi connectivity index (χ3v) is 8.22. The van der Waals surface area contributed by atoms with Crippen LogP contribution in [0.4, 0.5) is 0 Å². The van der Waals surface area contributed by atoms with Crippen molar-refractivity contribution in [3.63, 3.8) is 0 Å². The van der Waals surface area contributed by atoms with E-state index in [2.05, 4.69) is 11.1 Å². The summed E-state index contributed by atoms with van der Waals surface area (Å²) in [5.41, 5.74) is 2.38. The van der Waals surface area contributed by atoms with E-state index in [0.717, 1.165) is 46.0 Å². The lowest BCUT2D eigenvalue weighted by Gasteiger charge is -2.23. The van der Waals surface area contributed by atoms with Crippen LogP contribution in [0, 0.1) is 0 Å². The maximum Gasteiger partial charge on any atom is 0.238 e. The number of amides is 1. The number of benzene rings is 2. The Morgan fingerprint density at radius 1 is 1.18 bits per heavy atom. The zero-order chi connectivity index (χ0) is 23.2. The Morgan fingerprint density at radius 3 is 2.76 bits per heavy atom. The van der Waals surface area contributed by atoms with E-state index in [1.54, 1.807) is 17.4 Å². The van der Waals surface area contributed by atoms with Gasteiger partial charge in [0.05, 0.1) is 32.2 Å². The van der Waals surface area contributed by atoms with E-state index in [-0.39, 0.29) is 16.8 Å². The van der Waals surface area contributed by atoms with E-state index in [0.29, 0.717) is 24.9 Å². The van der Waals surface area contributed by atoms with Crippen LogP contribution in [0.15, 0.2) is 47.4 Å². The highest BCUT2D eigenvalue weighted by atomic mass is 32.2. The molecule has 2 aromatic carbocycles. The number of carbonyl (C=O) groups excluding carboxylic acids is 1. The Hall–Kier alpha value is -2.82. The Kier molecular flexibility index (Phi) is 5.67. The summed E-state index contributed by atoms with van der Waals surface area (Å²) >= 11 is 1.66. The third-order valence-electron chi connectivity index (χ3n) is 6.17. The lowest BCUT2D eigenvalue weighted by molar-refractivity contribution is -0.132. The number of hydrogen-bond acceptors (Lipinski definition) is 6. The van der Waals surface area contributed by atoms with Gasteiger partial charge in [-0.15, -0.1) is 11.3 Å². The Balaban J connectivity index is 1.35. The molecule has 0 saturated carbocycles. The molecule has 1 fully saturated rings. The number of primary sulfonamides is 1. The predicted octanol–water partition coefficient (Wildman–Crippen LogP) is 3.61. The van der Waals surface area contributed by atoms with Crippen molar-refractivity contribution in [1.82, 2.24) is 19.4 Å². The number of carbonyl (C=O) groups is 1. The van der Waals surface area contributed by atoms with Gasteiger partial charge in [0.25, 0.3) is 0 Å². The minimum absolute atomic E-state index is 0.0252. The predicted molar refractivity (Wildman–Crippen MR) is 128 cm³/mol. The molecule has 172 valence electrons. The Labute approximate surface area is 196 Å². The average Bonchev–Trinajstić information content (AvgIpc) is 3.51. The number of fused-ring (bicyclic) bond motifs is 2. The second-order valence-corrected chi connectivity index (χ2v) is 10.9. The minimum Gasteiger partial charge on any atom is -0.333 e. The van der Waals surface area contributed by atoms with Crippen molar-refractivity contribution in [2.75, 3.05) is 6.54 Å². The van der Waals surface area contributed by atoms with Gasteiger partial charge >= 0.3 is 0 Å². The molecule has 33 heavy (non-hydrogen) atoms. The molecular formula is C23H25N5O3S2. The second-order valence-electron chi connectivity index (χ2n) is 8.23. The van der Waals surface area contributed by atoms with Gasteiger partial charge in [-0.2, -0.15) is 0 Å². The van der Waals surface area contributed by atoms with Crippen molar-refractivity contribution in [2.45, 2.75) is 50.1 Å². The summed E-state index contributed by atoms with van der Waals surface area (Å²) in [6.45, 7) is 3.41. The lowest BCUT2D eigenvalue weighted by Crippen LogP contribution is -2.30. The number of sulfonamides is 1. The molecule has 0 spiro atoms. The number of hydrogen-bond donors (Lipinski definition) is 1. The molecule has 10 heteroatoms. The molecule has 4 aromatic rings. The highest BCUT2D eigenvalue weighted by Crippen LogP contribution is 2.37. The molecule has 1 aliphatic heterocycles. The monoisotopic (exact) mass is 483 g/mol. The van der Waals surface area contributed by atoms with Crippen LogP contribution in [-0.2, 0) is 27.8 Å². The zero-order valence-electron chi connectivity index (χ0n) is 18.3. The van der Waals surface area contributed by atoms with Gasteiger partial charge < -0.3 is 9.47 Å². The molecule has 1 atom stereocenters. The van der Waals surface area contributed by atoms with E-state index in [9.17, 15) is 13.2 Å². The van der Waals surface area contributed by atoms with Crippen LogP contribution in [0.1, 0.15) is 43.1 Å². The maximum absolute atomic E-state index is 13.2. The fraction of sp³-hybridized carbons (Fsp3) is 0.348. The first kappa shape index (κ1) is 22.0. The van der Waals surface area contributed by atoms with Crippen LogP contribution in [-0.4, -0.2) is 40.3 Å². The van der Waals surface area contributed by atoms with Crippen molar-refractivity contribution in [1.29, 1.82) is 0 Å². The van der Waals surface area contributed by atoms with Gasteiger partial charge in [-0.1, -0.05) is 12.1 Å². The molecule has 1 amide bonds. The lowest BCUT2D eigenvalue weighted by atomic mass is 10.2. The highest BCUT2D eigenvalue weighted by molar-refractivity contribution is 7.89. The highest BCUT2D eigenvalue weighted by Gasteiger charge is 2.32. The molecule has 2 aromatic heterocycles. The van der Waals surface area contributed by atoms with Crippen molar-refractivity contribution < 1.29 is 13.2 Å². The molecule has 0 radical (unpaired) electrons. The second kappa shape index (κ2) is 8.51. The maximum atomic E-state index is 13.2. The summed E-state index contributed by atoms with van der Waals surface area (Å²) in [7, 11) is -3.80. The Bertz CT molecular complexity index is 1420. The summed E-state index contributed by atoms with van der Waals surface area (Å²) in [5.74, 6) is 0.861. The van der Waals surface area contributed by atoms with E-state index in [4.69, 9.17) is 10.1 Å². The molecule has 0 bridgehead atoms. The number of imidazole rings is 1. The van der Waals surface area contributed by atoms with Gasteiger partial charge in [0.2, 0.25) is 15.9 Å². The van der Waals surface area contributed by atoms with E-state index >= 15 is 0 Å². The number of nitrogens with two attached hydrogens (primary N) is 1. The number of thiazole rings is 1. The van der Waals surface area contributed by atoms with Crippen molar-refractivity contribution >= 4 is 48.5 Å². The van der Waals surface area contributed by atoms with Crippen molar-refractivity contribution in [3.8, 4) is 0 Å². The number of nitrogens with zero attached hydrogens (tertiary/aromatic N) is 4. The molecule has 3 heterocycles. The van der Waals surface area contributed by atoms with Crippen LogP contribution >= 0.6 is 11.3 Å². The van der Waals surface area contributed by atoms with Crippen molar-refractivity contribution in [3.05, 3.63) is 53.3 Å². The standard InChI is InChI=1S/C23H25N5O3S2/c1-2-27-18-10-9-15(33(24,30)31)14-17(18)25-21(27)11-12-22(29)28-13-5-7-19(28)23-26-16-6-3-4-8-20(16)32-23/h3-4,6,8-10,14,19H,2,5,7,11-13H2,1H3,(H2,24,30,31)/t19-/m0/s1. The number of likely N-dealkylation sites (tertiary alicyclic amines) is 1. The number of aryl methyl sites for hydroxylation is 2. The van der Waals surface area contributed by atoms with Crippen LogP contribution in [0.5, 0.6) is 0 Å². The van der Waals surface area contributed by atoms with Gasteiger partial charge in [0.15, 0.2) is 0 Å². The quantitative estimate of drug-likeness (QED) is 0.450. The summed E-state index contributed by atoms with van der Waals surface area (Å²) in [6, 6.07) is 12.8. The first-order chi connectivity index (χ1) is 15.8. The van der Waals surface area contributed by atoms with Gasteiger partial charge in [0.1, 0.15) is 10.8 Å². The van der Waals surface area contributed by atoms with Crippen LogP contribution in [0.3, 0.4) is 0 Å². The minimum atomic E-state index is -3.80. The van der Waals surface area contributed by atoms with Gasteiger partial charge in [0, 0.05) is 25.9 Å². The molecule has 5 rings (SSSR count). The summed E-state index contributed by atoms with van der Waals surface area (Å²) in [6.07, 6.45) is 2.72. The van der Waals surface area contributed by atoms with Crippen molar-refractivity contribution in [2.24, 2.45) is 5.14 Å². The average molecular weight is 484 g/mol. The third kappa shape index (κ3) is 4.14. The fourth-order valence-corrected chi connectivity index (χ4v) is 6.25. The zero-order valence-corrected chi connectivity index (χ0v) is 19.9. The smallest absolute Gasteiger partial charge is 0.238 e. The normalized spacial score (nSPS) is 16.8. The van der Waals surface area contributed by atoms with Gasteiger partial charge in [-0.25, -0.2) is 23.5 Å². The molecule has 2 N–H and O–H groups in total. The van der Waals surface area contributed by atoms with Crippen LogP contribution in [0.2, 0.25) is 0 Å². The molecule has 8 nitrogen and oxygen atoms in total. The largest absolute Gasteiger partial charge is 0.333 e. The number of rotatable bonds is 6. The summed E-state index contributed by atoms with van der Waals surface area (Å²) in [4.78, 5) is 24.6. The van der Waals surface area contributed by atoms with Gasteiger partial charge in [-0.3, -0.25) is 4.79 Å². The fourth-order valence-electron chi connectivity index (χ4n) is 4.60. The molecule has 1 aliphatic rings. The van der Waals surface area contributed by atoms with E-state index in [1.807, 2.05) is 34.6 Å².